The summed E-state index contributed by atoms with van der Waals surface area (Å²) in [6.07, 6.45) is 0. The van der Waals surface area contributed by atoms with Crippen molar-refractivity contribution in [3.8, 4) is 0 Å². The van der Waals surface area contributed by atoms with Crippen molar-refractivity contribution in [1.82, 2.24) is 10.2 Å². The van der Waals surface area contributed by atoms with Crippen molar-refractivity contribution in [2.75, 3.05) is 26.2 Å². The van der Waals surface area contributed by atoms with Crippen LogP contribution in [0.1, 0.15) is 29.1 Å². The third-order valence-corrected chi connectivity index (χ3v) is 3.70. The molecule has 1 aromatic rings. The molecule has 1 rings (SSSR count). The molecule has 1 aromatic heterocycles. The van der Waals surface area contributed by atoms with Gasteiger partial charge >= 0.3 is 5.97 Å². The van der Waals surface area contributed by atoms with E-state index in [2.05, 4.69) is 24.1 Å². The summed E-state index contributed by atoms with van der Waals surface area (Å²) in [6, 6.07) is 1.87. The van der Waals surface area contributed by atoms with Crippen LogP contribution in [0.3, 0.4) is 0 Å². The minimum Gasteiger partial charge on any atom is -0.477 e. The lowest BCUT2D eigenvalue weighted by molar-refractivity contribution is 0.0701. The van der Waals surface area contributed by atoms with E-state index >= 15 is 0 Å². The maximum Gasteiger partial charge on any atom is 0.346 e. The largest absolute Gasteiger partial charge is 0.477 e. The molecule has 0 aliphatic heterocycles. The fraction of sp³-hybridized carbons (Fsp3) is 0.583. The second-order valence-corrected chi connectivity index (χ2v) is 4.70. The van der Waals surface area contributed by atoms with Crippen LogP contribution in [0, 0.1) is 0 Å². The van der Waals surface area contributed by atoms with Crippen LogP contribution in [0.25, 0.3) is 0 Å². The molecule has 0 radical (unpaired) electrons. The van der Waals surface area contributed by atoms with Crippen molar-refractivity contribution < 1.29 is 9.90 Å². The normalized spacial score (nSPS) is 11.0. The molecule has 0 fully saturated rings. The van der Waals surface area contributed by atoms with Crippen LogP contribution in [0.5, 0.6) is 0 Å². The molecule has 0 amide bonds. The smallest absolute Gasteiger partial charge is 0.346 e. The lowest BCUT2D eigenvalue weighted by Crippen LogP contribution is -2.31. The Morgan fingerprint density at radius 3 is 2.76 bits per heavy atom. The molecule has 0 aliphatic carbocycles. The number of rotatable bonds is 8. The van der Waals surface area contributed by atoms with Crippen molar-refractivity contribution in [3.63, 3.8) is 0 Å². The Labute approximate surface area is 106 Å². The zero-order valence-electron chi connectivity index (χ0n) is 10.4. The number of nitrogens with one attached hydrogen (secondary N) is 1. The number of carbonyl (C=O) groups is 1. The van der Waals surface area contributed by atoms with Gasteiger partial charge in [0.1, 0.15) is 4.88 Å². The van der Waals surface area contributed by atoms with E-state index < -0.39 is 5.97 Å². The first-order chi connectivity index (χ1) is 8.19. The summed E-state index contributed by atoms with van der Waals surface area (Å²) >= 11 is 1.28. The summed E-state index contributed by atoms with van der Waals surface area (Å²) in [5.74, 6) is -0.833. The van der Waals surface area contributed by atoms with E-state index in [-0.39, 0.29) is 0 Å². The Balaban J connectivity index is 2.31. The van der Waals surface area contributed by atoms with Gasteiger partial charge in [0.05, 0.1) is 0 Å². The van der Waals surface area contributed by atoms with Crippen molar-refractivity contribution in [1.29, 1.82) is 0 Å². The van der Waals surface area contributed by atoms with Gasteiger partial charge in [-0.3, -0.25) is 0 Å². The van der Waals surface area contributed by atoms with Gasteiger partial charge in [0.15, 0.2) is 0 Å². The van der Waals surface area contributed by atoms with Gasteiger partial charge in [-0.25, -0.2) is 4.79 Å². The lowest BCUT2D eigenvalue weighted by atomic mass is 10.2. The number of carboxylic acids is 1. The third kappa shape index (κ3) is 4.46. The van der Waals surface area contributed by atoms with Gasteiger partial charge in [-0.05, 0) is 30.1 Å². The monoisotopic (exact) mass is 256 g/mol. The fourth-order valence-corrected chi connectivity index (χ4v) is 2.42. The average molecular weight is 256 g/mol. The van der Waals surface area contributed by atoms with E-state index in [0.29, 0.717) is 11.4 Å². The summed E-state index contributed by atoms with van der Waals surface area (Å²) in [5.41, 5.74) is 0.877. The maximum atomic E-state index is 10.9. The maximum absolute atomic E-state index is 10.9. The number of likely N-dealkylation sites (N-methyl/N-ethyl adjacent to an activating group) is 1. The summed E-state index contributed by atoms with van der Waals surface area (Å²) in [7, 11) is 0. The molecule has 0 aliphatic rings. The first-order valence-corrected chi connectivity index (χ1v) is 6.79. The highest BCUT2D eigenvalue weighted by Crippen LogP contribution is 2.16. The predicted octanol–water partition coefficient (Wildman–Crippen LogP) is 1.88. The molecular formula is C12H20N2O2S. The Hall–Kier alpha value is -0.910. The Kier molecular flexibility index (Phi) is 6.18. The number of aromatic carboxylic acids is 1. The first-order valence-electron chi connectivity index (χ1n) is 5.91. The highest BCUT2D eigenvalue weighted by atomic mass is 32.1. The molecule has 0 bridgehead atoms. The summed E-state index contributed by atoms with van der Waals surface area (Å²) in [5, 5.41) is 14.1. The Morgan fingerprint density at radius 1 is 1.47 bits per heavy atom. The molecule has 0 saturated heterocycles. The molecule has 4 nitrogen and oxygen atoms in total. The molecule has 96 valence electrons. The number of carboxylic acid groups (broad SMARTS) is 1. The van der Waals surface area contributed by atoms with Crippen molar-refractivity contribution in [2.24, 2.45) is 0 Å². The summed E-state index contributed by atoms with van der Waals surface area (Å²) < 4.78 is 0. The number of thiophene rings is 1. The third-order valence-electron chi connectivity index (χ3n) is 2.76. The number of hydrogen-bond donors (Lipinski definition) is 2. The van der Waals surface area contributed by atoms with E-state index in [1.54, 1.807) is 0 Å². The van der Waals surface area contributed by atoms with Gasteiger partial charge in [-0.15, -0.1) is 11.3 Å². The van der Waals surface area contributed by atoms with Crippen LogP contribution < -0.4 is 5.32 Å². The lowest BCUT2D eigenvalue weighted by Gasteiger charge is -2.17. The minimum atomic E-state index is -0.833. The molecule has 0 unspecified atom stereocenters. The van der Waals surface area contributed by atoms with Crippen molar-refractivity contribution >= 4 is 17.3 Å². The molecule has 0 aromatic carbocycles. The second-order valence-electron chi connectivity index (χ2n) is 3.78. The van der Waals surface area contributed by atoms with Gasteiger partial charge in [-0.2, -0.15) is 0 Å². The standard InChI is InChI=1S/C12H20N2O2S/c1-3-14(4-2)7-6-13-9-10-5-8-17-11(10)12(15)16/h5,8,13H,3-4,6-7,9H2,1-2H3,(H,15,16). The van der Waals surface area contributed by atoms with Crippen LogP contribution in [-0.2, 0) is 6.54 Å². The van der Waals surface area contributed by atoms with E-state index in [9.17, 15) is 4.79 Å². The van der Waals surface area contributed by atoms with Gasteiger partial charge in [-0.1, -0.05) is 13.8 Å². The average Bonchev–Trinajstić information content (AvgIpc) is 2.78. The number of hydrogen-bond acceptors (Lipinski definition) is 4. The molecule has 17 heavy (non-hydrogen) atoms. The highest BCUT2D eigenvalue weighted by molar-refractivity contribution is 7.12. The topological polar surface area (TPSA) is 52.6 Å². The van der Waals surface area contributed by atoms with E-state index in [4.69, 9.17) is 5.11 Å². The molecular weight excluding hydrogens is 236 g/mol. The van der Waals surface area contributed by atoms with E-state index in [1.165, 1.54) is 11.3 Å². The SMILES string of the molecule is CCN(CC)CCNCc1ccsc1C(=O)O. The Bertz CT molecular complexity index is 348. The Morgan fingerprint density at radius 2 is 2.18 bits per heavy atom. The summed E-state index contributed by atoms with van der Waals surface area (Å²) in [4.78, 5) is 13.7. The van der Waals surface area contributed by atoms with Gasteiger partial charge in [0, 0.05) is 19.6 Å². The van der Waals surface area contributed by atoms with Gasteiger partial charge in [0.2, 0.25) is 0 Å². The molecule has 1 heterocycles. The molecule has 5 heteroatoms. The zero-order chi connectivity index (χ0) is 12.7. The van der Waals surface area contributed by atoms with Crippen LogP contribution in [-0.4, -0.2) is 42.2 Å². The van der Waals surface area contributed by atoms with E-state index in [0.717, 1.165) is 31.7 Å². The molecule has 0 spiro atoms. The van der Waals surface area contributed by atoms with Crippen LogP contribution in [0.15, 0.2) is 11.4 Å². The molecule has 2 N–H and O–H groups in total. The number of nitrogens with zero attached hydrogens (tertiary/aromatic N) is 1. The van der Waals surface area contributed by atoms with Crippen LogP contribution in [0.4, 0.5) is 0 Å². The molecule has 0 saturated carbocycles. The van der Waals surface area contributed by atoms with Crippen LogP contribution in [0.2, 0.25) is 0 Å². The minimum absolute atomic E-state index is 0.445. The van der Waals surface area contributed by atoms with Gasteiger partial charge < -0.3 is 15.3 Å². The predicted molar refractivity (Wildman–Crippen MR) is 70.8 cm³/mol. The quantitative estimate of drug-likeness (QED) is 0.697. The second kappa shape index (κ2) is 7.42. The fourth-order valence-electron chi connectivity index (χ4n) is 1.66. The first kappa shape index (κ1) is 14.2. The van der Waals surface area contributed by atoms with Crippen molar-refractivity contribution in [3.05, 3.63) is 21.9 Å². The summed E-state index contributed by atoms with van der Waals surface area (Å²) in [6.45, 7) is 8.91. The van der Waals surface area contributed by atoms with Crippen molar-refractivity contribution in [2.45, 2.75) is 20.4 Å². The highest BCUT2D eigenvalue weighted by Gasteiger charge is 2.10. The zero-order valence-corrected chi connectivity index (χ0v) is 11.2. The van der Waals surface area contributed by atoms with Gasteiger partial charge in [0.25, 0.3) is 0 Å². The van der Waals surface area contributed by atoms with Crippen LogP contribution >= 0.6 is 11.3 Å². The van der Waals surface area contributed by atoms with E-state index in [1.807, 2.05) is 11.4 Å². The molecule has 0 atom stereocenters.